The molecule has 106 valence electrons. The first-order valence-corrected chi connectivity index (χ1v) is 7.99. The van der Waals surface area contributed by atoms with E-state index >= 15 is 0 Å². The number of likely N-dealkylation sites (tertiary alicyclic amines) is 1. The van der Waals surface area contributed by atoms with Gasteiger partial charge in [-0.25, -0.2) is 0 Å². The van der Waals surface area contributed by atoms with Crippen LogP contribution in [-0.4, -0.2) is 41.5 Å². The van der Waals surface area contributed by atoms with Crippen molar-refractivity contribution in [2.75, 3.05) is 13.1 Å². The monoisotopic (exact) mass is 263 g/mol. The van der Waals surface area contributed by atoms with E-state index in [0.717, 1.165) is 18.5 Å². The maximum Gasteiger partial charge on any atom is 0.239 e. The van der Waals surface area contributed by atoms with Crippen molar-refractivity contribution in [3.63, 3.8) is 0 Å². The predicted molar refractivity (Wildman–Crippen MR) is 73.5 cm³/mol. The highest BCUT2D eigenvalue weighted by molar-refractivity contribution is 5.86. The Hall–Kier alpha value is -0.610. The molecular formula is C15H25N3O. The first-order chi connectivity index (χ1) is 9.17. The Balaban J connectivity index is 1.53. The van der Waals surface area contributed by atoms with Crippen LogP contribution in [0.2, 0.25) is 0 Å². The molecule has 3 N–H and O–H groups in total. The van der Waals surface area contributed by atoms with Gasteiger partial charge in [-0.05, 0) is 56.8 Å². The SMILES string of the molecule is NC(=O)C(CN1CC2CCC1C2)(NC1CC1)C1CC1. The van der Waals surface area contributed by atoms with Crippen LogP contribution in [0.15, 0.2) is 0 Å². The normalized spacial score (nSPS) is 37.5. The predicted octanol–water partition coefficient (Wildman–Crippen LogP) is 0.857. The first kappa shape index (κ1) is 12.2. The summed E-state index contributed by atoms with van der Waals surface area (Å²) in [6, 6.07) is 1.27. The quantitative estimate of drug-likeness (QED) is 0.747. The van der Waals surface area contributed by atoms with E-state index < -0.39 is 5.54 Å². The third-order valence-electron chi connectivity index (χ3n) is 5.73. The maximum atomic E-state index is 12.2. The van der Waals surface area contributed by atoms with Crippen LogP contribution in [-0.2, 0) is 4.79 Å². The lowest BCUT2D eigenvalue weighted by Crippen LogP contribution is -2.64. The molecule has 0 aromatic heterocycles. The number of rotatable bonds is 6. The topological polar surface area (TPSA) is 58.4 Å². The summed E-state index contributed by atoms with van der Waals surface area (Å²) in [5.74, 6) is 1.27. The second-order valence-electron chi connectivity index (χ2n) is 7.29. The Morgan fingerprint density at radius 2 is 2.00 bits per heavy atom. The van der Waals surface area contributed by atoms with Crippen LogP contribution in [0.3, 0.4) is 0 Å². The fraction of sp³-hybridized carbons (Fsp3) is 0.933. The summed E-state index contributed by atoms with van der Waals surface area (Å²) in [5, 5.41) is 3.64. The van der Waals surface area contributed by atoms with Gasteiger partial charge in [-0.1, -0.05) is 0 Å². The number of amides is 1. The molecule has 3 atom stereocenters. The fourth-order valence-electron chi connectivity index (χ4n) is 4.35. The van der Waals surface area contributed by atoms with E-state index in [1.165, 1.54) is 51.5 Å². The fourth-order valence-corrected chi connectivity index (χ4v) is 4.35. The third kappa shape index (κ3) is 2.09. The van der Waals surface area contributed by atoms with Gasteiger partial charge in [0, 0.05) is 25.2 Å². The number of nitrogens with two attached hydrogens (primary N) is 1. The smallest absolute Gasteiger partial charge is 0.239 e. The van der Waals surface area contributed by atoms with E-state index in [1.807, 2.05) is 0 Å². The van der Waals surface area contributed by atoms with Crippen molar-refractivity contribution >= 4 is 5.91 Å². The zero-order valence-corrected chi connectivity index (χ0v) is 11.6. The highest BCUT2D eigenvalue weighted by Gasteiger charge is 2.54. The minimum Gasteiger partial charge on any atom is -0.368 e. The Kier molecular flexibility index (Phi) is 2.68. The van der Waals surface area contributed by atoms with Crippen molar-refractivity contribution in [2.24, 2.45) is 17.6 Å². The number of hydrogen-bond donors (Lipinski definition) is 2. The molecule has 1 saturated heterocycles. The maximum absolute atomic E-state index is 12.2. The molecule has 4 heteroatoms. The van der Waals surface area contributed by atoms with Crippen molar-refractivity contribution in [1.29, 1.82) is 0 Å². The highest BCUT2D eigenvalue weighted by atomic mass is 16.1. The molecule has 4 rings (SSSR count). The molecule has 4 fully saturated rings. The van der Waals surface area contributed by atoms with Crippen LogP contribution >= 0.6 is 0 Å². The molecule has 0 radical (unpaired) electrons. The second kappa shape index (κ2) is 4.19. The lowest BCUT2D eigenvalue weighted by atomic mass is 9.90. The second-order valence-corrected chi connectivity index (χ2v) is 7.29. The van der Waals surface area contributed by atoms with Gasteiger partial charge in [0.2, 0.25) is 5.91 Å². The lowest BCUT2D eigenvalue weighted by molar-refractivity contribution is -0.126. The summed E-state index contributed by atoms with van der Waals surface area (Å²) in [5.41, 5.74) is 5.41. The van der Waals surface area contributed by atoms with Crippen LogP contribution in [0.5, 0.6) is 0 Å². The molecular weight excluding hydrogens is 238 g/mol. The molecule has 4 aliphatic rings. The van der Waals surface area contributed by atoms with Crippen LogP contribution < -0.4 is 11.1 Å². The zero-order chi connectivity index (χ0) is 13.0. The number of piperidine rings is 1. The van der Waals surface area contributed by atoms with Crippen LogP contribution in [0.1, 0.15) is 44.9 Å². The number of primary amides is 1. The minimum atomic E-state index is -0.425. The first-order valence-electron chi connectivity index (χ1n) is 7.99. The number of carbonyl (C=O) groups excluding carboxylic acids is 1. The zero-order valence-electron chi connectivity index (χ0n) is 11.6. The Morgan fingerprint density at radius 1 is 1.21 bits per heavy atom. The van der Waals surface area contributed by atoms with Gasteiger partial charge >= 0.3 is 0 Å². The molecule has 4 nitrogen and oxygen atoms in total. The molecule has 3 unspecified atom stereocenters. The highest BCUT2D eigenvalue weighted by Crippen LogP contribution is 2.45. The van der Waals surface area contributed by atoms with E-state index in [9.17, 15) is 4.79 Å². The van der Waals surface area contributed by atoms with Crippen molar-refractivity contribution in [3.8, 4) is 0 Å². The average Bonchev–Trinajstić information content (AvgIpc) is 3.29. The molecule has 0 aromatic carbocycles. The van der Waals surface area contributed by atoms with Gasteiger partial charge in [0.05, 0.1) is 0 Å². The van der Waals surface area contributed by atoms with E-state index in [4.69, 9.17) is 5.73 Å². The standard InChI is InChI=1S/C15H25N3O/c16-14(19)15(11-2-3-11,17-12-4-5-12)9-18-8-10-1-6-13(18)7-10/h10-13,17H,1-9H2,(H2,16,19). The van der Waals surface area contributed by atoms with Gasteiger partial charge < -0.3 is 5.73 Å². The van der Waals surface area contributed by atoms with Gasteiger partial charge in [-0.2, -0.15) is 0 Å². The number of nitrogens with one attached hydrogen (secondary N) is 1. The number of carbonyl (C=O) groups is 1. The Bertz CT molecular complexity index is 391. The van der Waals surface area contributed by atoms with Gasteiger partial charge in [0.15, 0.2) is 0 Å². The van der Waals surface area contributed by atoms with E-state index in [2.05, 4.69) is 10.2 Å². The van der Waals surface area contributed by atoms with Crippen LogP contribution in [0, 0.1) is 11.8 Å². The van der Waals surface area contributed by atoms with Gasteiger partial charge in [0.1, 0.15) is 5.54 Å². The summed E-state index contributed by atoms with van der Waals surface area (Å²) in [6.45, 7) is 2.06. The summed E-state index contributed by atoms with van der Waals surface area (Å²) in [6.07, 6.45) is 8.84. The number of hydrogen-bond acceptors (Lipinski definition) is 3. The number of nitrogens with zero attached hydrogens (tertiary/aromatic N) is 1. The van der Waals surface area contributed by atoms with Gasteiger partial charge in [0.25, 0.3) is 0 Å². The summed E-state index contributed by atoms with van der Waals surface area (Å²) in [7, 11) is 0. The summed E-state index contributed by atoms with van der Waals surface area (Å²) >= 11 is 0. The van der Waals surface area contributed by atoms with E-state index in [-0.39, 0.29) is 5.91 Å². The molecule has 1 aliphatic heterocycles. The van der Waals surface area contributed by atoms with Crippen molar-refractivity contribution < 1.29 is 4.79 Å². The molecule has 0 aromatic rings. The largest absolute Gasteiger partial charge is 0.368 e. The van der Waals surface area contributed by atoms with Crippen molar-refractivity contribution in [1.82, 2.24) is 10.2 Å². The van der Waals surface area contributed by atoms with Gasteiger partial charge in [-0.3, -0.25) is 15.0 Å². The van der Waals surface area contributed by atoms with Crippen molar-refractivity contribution in [2.45, 2.75) is 62.6 Å². The summed E-state index contributed by atoms with van der Waals surface area (Å²) < 4.78 is 0. The Labute approximate surface area is 115 Å². The van der Waals surface area contributed by atoms with Crippen LogP contribution in [0.25, 0.3) is 0 Å². The molecule has 2 bridgehead atoms. The Morgan fingerprint density at radius 3 is 2.47 bits per heavy atom. The molecule has 1 amide bonds. The van der Waals surface area contributed by atoms with Crippen molar-refractivity contribution in [3.05, 3.63) is 0 Å². The van der Waals surface area contributed by atoms with E-state index in [0.29, 0.717) is 12.0 Å². The van der Waals surface area contributed by atoms with Crippen LogP contribution in [0.4, 0.5) is 0 Å². The van der Waals surface area contributed by atoms with E-state index in [1.54, 1.807) is 0 Å². The molecule has 0 spiro atoms. The lowest BCUT2D eigenvalue weighted by Gasteiger charge is -2.39. The minimum absolute atomic E-state index is 0.107. The molecule has 1 heterocycles. The van der Waals surface area contributed by atoms with Gasteiger partial charge in [-0.15, -0.1) is 0 Å². The third-order valence-corrected chi connectivity index (χ3v) is 5.73. The molecule has 3 aliphatic carbocycles. The average molecular weight is 263 g/mol. The molecule has 3 saturated carbocycles. The summed E-state index contributed by atoms with van der Waals surface area (Å²) in [4.78, 5) is 14.8. The number of fused-ring (bicyclic) bond motifs is 2. The molecule has 19 heavy (non-hydrogen) atoms.